The molecule has 164 valence electrons. The van der Waals surface area contributed by atoms with Gasteiger partial charge in [0.2, 0.25) is 0 Å². The lowest BCUT2D eigenvalue weighted by Crippen LogP contribution is -2.32. The third-order valence-electron chi connectivity index (χ3n) is 5.01. The minimum atomic E-state index is -4.23. The van der Waals surface area contributed by atoms with Gasteiger partial charge in [0.05, 0.1) is 16.4 Å². The molecule has 2 aromatic carbocycles. The summed E-state index contributed by atoms with van der Waals surface area (Å²) >= 11 is 6.18. The van der Waals surface area contributed by atoms with Gasteiger partial charge in [-0.05, 0) is 44.2 Å². The van der Waals surface area contributed by atoms with E-state index in [1.54, 1.807) is 49.8 Å². The first kappa shape index (κ1) is 22.6. The molecule has 0 aliphatic heterocycles. The average Bonchev–Trinajstić information content (AvgIpc) is 2.96. The summed E-state index contributed by atoms with van der Waals surface area (Å²) in [5.74, 6) is -0.416. The maximum Gasteiger partial charge on any atom is 0.296 e. The van der Waals surface area contributed by atoms with Gasteiger partial charge in [-0.25, -0.2) is 13.1 Å². The lowest BCUT2D eigenvalue weighted by atomic mass is 10.2. The lowest BCUT2D eigenvalue weighted by Gasteiger charge is -2.19. The van der Waals surface area contributed by atoms with Crippen LogP contribution < -0.4 is 15.2 Å². The quantitative estimate of drug-likeness (QED) is 0.609. The normalized spacial score (nSPS) is 11.4. The van der Waals surface area contributed by atoms with E-state index in [0.717, 1.165) is 4.31 Å². The molecule has 3 aromatic rings. The van der Waals surface area contributed by atoms with Crippen molar-refractivity contribution < 1.29 is 13.2 Å². The number of rotatable bonds is 6. The highest BCUT2D eigenvalue weighted by Crippen LogP contribution is 2.29. The third kappa shape index (κ3) is 3.98. The molecular formula is C21H23ClN4O4S. The third-order valence-corrected chi connectivity index (χ3v) is 7.25. The van der Waals surface area contributed by atoms with Crippen LogP contribution in [0.15, 0.2) is 58.2 Å². The number of sulfonamides is 1. The minimum absolute atomic E-state index is 0.00849. The molecule has 0 bridgehead atoms. The molecule has 0 aliphatic rings. The van der Waals surface area contributed by atoms with Crippen molar-refractivity contribution in [2.75, 3.05) is 17.9 Å². The second-order valence-electron chi connectivity index (χ2n) is 6.89. The fraction of sp³-hybridized carbons (Fsp3) is 0.238. The first-order valence-electron chi connectivity index (χ1n) is 9.52. The van der Waals surface area contributed by atoms with Crippen LogP contribution in [0.1, 0.15) is 23.0 Å². The molecule has 0 radical (unpaired) electrons. The zero-order valence-corrected chi connectivity index (χ0v) is 19.2. The van der Waals surface area contributed by atoms with Gasteiger partial charge >= 0.3 is 0 Å². The topological polar surface area (TPSA) is 93.4 Å². The molecule has 8 nitrogen and oxygen atoms in total. The molecule has 1 aromatic heterocycles. The first-order valence-corrected chi connectivity index (χ1v) is 11.3. The van der Waals surface area contributed by atoms with E-state index in [1.165, 1.54) is 29.9 Å². The van der Waals surface area contributed by atoms with Crippen LogP contribution in [0, 0.1) is 6.92 Å². The van der Waals surface area contributed by atoms with Crippen LogP contribution in [0.5, 0.6) is 0 Å². The molecule has 0 fully saturated rings. The number of carbonyl (C=O) groups is 1. The van der Waals surface area contributed by atoms with Gasteiger partial charge in [0.25, 0.3) is 21.5 Å². The van der Waals surface area contributed by atoms with Gasteiger partial charge < -0.3 is 5.32 Å². The number of carbonyl (C=O) groups excluding carboxylic acids is 1. The summed E-state index contributed by atoms with van der Waals surface area (Å²) in [5, 5.41) is 2.58. The predicted molar refractivity (Wildman–Crippen MR) is 121 cm³/mol. The zero-order valence-electron chi connectivity index (χ0n) is 17.6. The Morgan fingerprint density at radius 3 is 2.42 bits per heavy atom. The average molecular weight is 463 g/mol. The van der Waals surface area contributed by atoms with Crippen LogP contribution in [0.25, 0.3) is 5.69 Å². The number of amides is 1. The maximum absolute atomic E-state index is 13.4. The Kier molecular flexibility index (Phi) is 6.28. The van der Waals surface area contributed by atoms with Gasteiger partial charge in [0.1, 0.15) is 10.6 Å². The van der Waals surface area contributed by atoms with Crippen LogP contribution in [0.2, 0.25) is 5.02 Å². The van der Waals surface area contributed by atoms with E-state index in [0.29, 0.717) is 17.9 Å². The van der Waals surface area contributed by atoms with Gasteiger partial charge in [-0.15, -0.1) is 0 Å². The minimum Gasteiger partial charge on any atom is -0.352 e. The van der Waals surface area contributed by atoms with E-state index in [2.05, 4.69) is 5.32 Å². The van der Waals surface area contributed by atoms with E-state index in [1.807, 2.05) is 6.07 Å². The Bertz CT molecular complexity index is 1300. The Morgan fingerprint density at radius 2 is 1.81 bits per heavy atom. The van der Waals surface area contributed by atoms with Crippen molar-refractivity contribution in [1.29, 1.82) is 0 Å². The first-order chi connectivity index (χ1) is 14.6. The molecule has 0 saturated carbocycles. The summed E-state index contributed by atoms with van der Waals surface area (Å²) in [5.41, 5.74) is 0.714. The molecule has 1 amide bonds. The molecule has 0 spiro atoms. The number of hydrogen-bond acceptors (Lipinski definition) is 4. The largest absolute Gasteiger partial charge is 0.352 e. The number of aromatic nitrogens is 2. The van der Waals surface area contributed by atoms with E-state index in [4.69, 9.17) is 11.6 Å². The van der Waals surface area contributed by atoms with E-state index in [-0.39, 0.29) is 21.2 Å². The SMILES string of the molecule is CCNC(=O)c1ccc(Cl)c(S(=O)(=O)N(C)c2c(C)n(C)n(-c3ccccc3)c2=O)c1. The summed E-state index contributed by atoms with van der Waals surface area (Å²) < 4.78 is 30.7. The molecule has 0 atom stereocenters. The smallest absolute Gasteiger partial charge is 0.296 e. The highest BCUT2D eigenvalue weighted by atomic mass is 35.5. The number of hydrogen-bond donors (Lipinski definition) is 1. The molecule has 1 heterocycles. The Morgan fingerprint density at radius 1 is 1.16 bits per heavy atom. The van der Waals surface area contributed by atoms with Crippen molar-refractivity contribution in [1.82, 2.24) is 14.7 Å². The van der Waals surface area contributed by atoms with Gasteiger partial charge in [-0.3, -0.25) is 18.6 Å². The molecule has 10 heteroatoms. The number of halogens is 1. The molecule has 0 aliphatic carbocycles. The van der Waals surface area contributed by atoms with Crippen molar-refractivity contribution in [2.24, 2.45) is 7.05 Å². The van der Waals surface area contributed by atoms with E-state index in [9.17, 15) is 18.0 Å². The van der Waals surface area contributed by atoms with Crippen LogP contribution in [0.4, 0.5) is 5.69 Å². The van der Waals surface area contributed by atoms with Crippen molar-refractivity contribution in [3.8, 4) is 5.69 Å². The Labute approximate surface area is 185 Å². The second-order valence-corrected chi connectivity index (χ2v) is 9.23. The monoisotopic (exact) mass is 462 g/mol. The van der Waals surface area contributed by atoms with Crippen molar-refractivity contribution in [3.63, 3.8) is 0 Å². The highest BCUT2D eigenvalue weighted by Gasteiger charge is 2.30. The Balaban J connectivity index is 2.14. The van der Waals surface area contributed by atoms with Crippen LogP contribution in [0.3, 0.4) is 0 Å². The molecular weight excluding hydrogens is 440 g/mol. The standard InChI is InChI=1S/C21H23ClN4O4S/c1-5-23-20(27)15-11-12-17(22)18(13-15)31(29,30)25(4)19-14(2)24(3)26(21(19)28)16-9-7-6-8-10-16/h6-13H,5H2,1-4H3,(H,23,27). The number of para-hydroxylation sites is 1. The summed E-state index contributed by atoms with van der Waals surface area (Å²) in [4.78, 5) is 25.1. The number of nitrogens with zero attached hydrogens (tertiary/aromatic N) is 3. The van der Waals surface area contributed by atoms with Gasteiger partial charge in [0.15, 0.2) is 0 Å². The predicted octanol–water partition coefficient (Wildman–Crippen LogP) is 2.71. The molecule has 1 N–H and O–H groups in total. The van der Waals surface area contributed by atoms with Crippen LogP contribution in [-0.4, -0.2) is 37.3 Å². The molecule has 31 heavy (non-hydrogen) atoms. The van der Waals surface area contributed by atoms with Gasteiger partial charge in [0, 0.05) is 26.2 Å². The van der Waals surface area contributed by atoms with E-state index >= 15 is 0 Å². The lowest BCUT2D eigenvalue weighted by molar-refractivity contribution is 0.0955. The van der Waals surface area contributed by atoms with Gasteiger partial charge in [-0.2, -0.15) is 0 Å². The van der Waals surface area contributed by atoms with Crippen molar-refractivity contribution >= 4 is 33.2 Å². The zero-order chi connectivity index (χ0) is 22.9. The molecule has 3 rings (SSSR count). The maximum atomic E-state index is 13.4. The highest BCUT2D eigenvalue weighted by molar-refractivity contribution is 7.93. The van der Waals surface area contributed by atoms with E-state index < -0.39 is 21.5 Å². The molecule has 0 unspecified atom stereocenters. The molecule has 0 saturated heterocycles. The summed E-state index contributed by atoms with van der Waals surface area (Å²) in [6, 6.07) is 12.9. The summed E-state index contributed by atoms with van der Waals surface area (Å²) in [6.45, 7) is 3.82. The van der Waals surface area contributed by atoms with Crippen LogP contribution >= 0.6 is 11.6 Å². The van der Waals surface area contributed by atoms with Gasteiger partial charge in [-0.1, -0.05) is 29.8 Å². The second kappa shape index (κ2) is 8.60. The van der Waals surface area contributed by atoms with Crippen molar-refractivity contribution in [2.45, 2.75) is 18.7 Å². The number of anilines is 1. The fourth-order valence-corrected chi connectivity index (χ4v) is 5.04. The fourth-order valence-electron chi connectivity index (χ4n) is 3.29. The number of nitrogens with one attached hydrogen (secondary N) is 1. The number of benzene rings is 2. The van der Waals surface area contributed by atoms with Crippen molar-refractivity contribution in [3.05, 3.63) is 75.2 Å². The Hall–Kier alpha value is -3.04. The summed E-state index contributed by atoms with van der Waals surface area (Å²) in [6.07, 6.45) is 0. The van der Waals surface area contributed by atoms with Crippen LogP contribution in [-0.2, 0) is 17.1 Å². The summed E-state index contributed by atoms with van der Waals surface area (Å²) in [7, 11) is -1.26.